The Morgan fingerprint density at radius 2 is 1.91 bits per heavy atom. The molecule has 2 heterocycles. The quantitative estimate of drug-likeness (QED) is 0.473. The van der Waals surface area contributed by atoms with Crippen molar-refractivity contribution in [2.75, 3.05) is 20.2 Å². The summed E-state index contributed by atoms with van der Waals surface area (Å²) in [4.78, 5) is 12.8. The SMILES string of the molecule is COc1ccccc1CNC(=O)CC1CCNCC1Cc1cc(-c2ccc(C(C)(C)C)cc2)on1. The Morgan fingerprint density at radius 1 is 1.14 bits per heavy atom. The second-order valence-electron chi connectivity index (χ2n) is 10.5. The first-order valence-electron chi connectivity index (χ1n) is 12.5. The fourth-order valence-corrected chi connectivity index (χ4v) is 4.79. The molecule has 0 aliphatic carbocycles. The third-order valence-corrected chi connectivity index (χ3v) is 6.95. The number of amides is 1. The summed E-state index contributed by atoms with van der Waals surface area (Å²) in [5.41, 5.74) is 4.36. The average Bonchev–Trinajstić information content (AvgIpc) is 3.32. The summed E-state index contributed by atoms with van der Waals surface area (Å²) in [6.07, 6.45) is 2.28. The van der Waals surface area contributed by atoms with Crippen LogP contribution in [0.2, 0.25) is 0 Å². The van der Waals surface area contributed by atoms with Crippen LogP contribution in [0.4, 0.5) is 0 Å². The fourth-order valence-electron chi connectivity index (χ4n) is 4.79. The first-order valence-corrected chi connectivity index (χ1v) is 12.5. The lowest BCUT2D eigenvalue weighted by atomic mass is 9.81. The zero-order valence-electron chi connectivity index (χ0n) is 21.3. The van der Waals surface area contributed by atoms with Crippen molar-refractivity contribution in [1.29, 1.82) is 0 Å². The van der Waals surface area contributed by atoms with E-state index in [1.165, 1.54) is 5.56 Å². The molecule has 0 spiro atoms. The summed E-state index contributed by atoms with van der Waals surface area (Å²) in [7, 11) is 1.65. The highest BCUT2D eigenvalue weighted by atomic mass is 16.5. The number of ether oxygens (including phenoxy) is 1. The minimum absolute atomic E-state index is 0.0765. The first kappa shape index (κ1) is 25.0. The van der Waals surface area contributed by atoms with Crippen LogP contribution in [0.5, 0.6) is 5.75 Å². The van der Waals surface area contributed by atoms with Crippen molar-refractivity contribution in [1.82, 2.24) is 15.8 Å². The van der Waals surface area contributed by atoms with Crippen molar-refractivity contribution in [3.8, 4) is 17.1 Å². The number of aromatic nitrogens is 1. The zero-order chi connectivity index (χ0) is 24.8. The number of hydrogen-bond donors (Lipinski definition) is 2. The van der Waals surface area contributed by atoms with Gasteiger partial charge in [-0.3, -0.25) is 4.79 Å². The monoisotopic (exact) mass is 475 g/mol. The van der Waals surface area contributed by atoms with Gasteiger partial charge in [-0.25, -0.2) is 0 Å². The number of carbonyl (C=O) groups is 1. The molecule has 1 aromatic heterocycles. The van der Waals surface area contributed by atoms with Crippen molar-refractivity contribution in [3.05, 3.63) is 71.4 Å². The van der Waals surface area contributed by atoms with Crippen molar-refractivity contribution in [2.24, 2.45) is 11.8 Å². The summed E-state index contributed by atoms with van der Waals surface area (Å²) < 4.78 is 11.1. The number of para-hydroxylation sites is 1. The lowest BCUT2D eigenvalue weighted by Crippen LogP contribution is -2.40. The molecule has 1 saturated heterocycles. The molecule has 1 aliphatic rings. The van der Waals surface area contributed by atoms with Gasteiger partial charge in [0.25, 0.3) is 0 Å². The molecule has 2 unspecified atom stereocenters. The van der Waals surface area contributed by atoms with Gasteiger partial charge in [-0.15, -0.1) is 0 Å². The van der Waals surface area contributed by atoms with E-state index in [0.29, 0.717) is 24.8 Å². The predicted octanol–water partition coefficient (Wildman–Crippen LogP) is 5.12. The predicted molar refractivity (Wildman–Crippen MR) is 138 cm³/mol. The van der Waals surface area contributed by atoms with Crippen molar-refractivity contribution in [2.45, 2.75) is 52.0 Å². The third-order valence-electron chi connectivity index (χ3n) is 6.95. The van der Waals surface area contributed by atoms with Crippen LogP contribution in [0.15, 0.2) is 59.1 Å². The summed E-state index contributed by atoms with van der Waals surface area (Å²) in [5.74, 6) is 2.30. The molecule has 1 fully saturated rings. The second-order valence-corrected chi connectivity index (χ2v) is 10.5. The molecule has 1 amide bonds. The molecule has 35 heavy (non-hydrogen) atoms. The second kappa shape index (κ2) is 11.1. The van der Waals surface area contributed by atoms with Gasteiger partial charge in [-0.1, -0.05) is 68.4 Å². The van der Waals surface area contributed by atoms with E-state index in [9.17, 15) is 4.79 Å². The number of carbonyl (C=O) groups excluding carboxylic acids is 1. The minimum Gasteiger partial charge on any atom is -0.496 e. The average molecular weight is 476 g/mol. The first-order chi connectivity index (χ1) is 16.8. The topological polar surface area (TPSA) is 76.4 Å². The molecule has 6 nitrogen and oxygen atoms in total. The smallest absolute Gasteiger partial charge is 0.220 e. The maximum Gasteiger partial charge on any atom is 0.220 e. The summed E-state index contributed by atoms with van der Waals surface area (Å²) in [6.45, 7) is 8.92. The molecular formula is C29H37N3O3. The molecule has 2 N–H and O–H groups in total. The van der Waals surface area contributed by atoms with E-state index >= 15 is 0 Å². The number of methoxy groups -OCH3 is 1. The largest absolute Gasteiger partial charge is 0.496 e. The van der Waals surface area contributed by atoms with Crippen molar-refractivity contribution >= 4 is 5.91 Å². The molecule has 1 aliphatic heterocycles. The Morgan fingerprint density at radius 3 is 2.66 bits per heavy atom. The minimum atomic E-state index is 0.0765. The third kappa shape index (κ3) is 6.51. The van der Waals surface area contributed by atoms with Gasteiger partial charge in [0.1, 0.15) is 5.75 Å². The van der Waals surface area contributed by atoms with E-state index in [-0.39, 0.29) is 11.3 Å². The van der Waals surface area contributed by atoms with Crippen molar-refractivity contribution < 1.29 is 14.1 Å². The van der Waals surface area contributed by atoms with Crippen molar-refractivity contribution in [3.63, 3.8) is 0 Å². The number of benzene rings is 2. The summed E-state index contributed by atoms with van der Waals surface area (Å²) >= 11 is 0. The van der Waals surface area contributed by atoms with Gasteiger partial charge in [0.05, 0.1) is 12.8 Å². The van der Waals surface area contributed by atoms with Crippen LogP contribution in [-0.2, 0) is 23.2 Å². The maximum atomic E-state index is 12.8. The Hall–Kier alpha value is -3.12. The molecule has 186 valence electrons. The Kier molecular flexibility index (Phi) is 7.91. The number of piperidine rings is 1. The number of nitrogens with one attached hydrogen (secondary N) is 2. The molecule has 6 heteroatoms. The van der Waals surface area contributed by atoms with Gasteiger partial charge in [0, 0.05) is 30.2 Å². The van der Waals surface area contributed by atoms with Crippen LogP contribution < -0.4 is 15.4 Å². The van der Waals surface area contributed by atoms with Crippen LogP contribution in [0.25, 0.3) is 11.3 Å². The highest BCUT2D eigenvalue weighted by Gasteiger charge is 2.28. The highest BCUT2D eigenvalue weighted by molar-refractivity contribution is 5.76. The Bertz CT molecular complexity index is 1110. The van der Waals surface area contributed by atoms with E-state index in [2.05, 4.69) is 60.8 Å². The van der Waals surface area contributed by atoms with Crippen LogP contribution in [0.1, 0.15) is 50.4 Å². The van der Waals surface area contributed by atoms with E-state index < -0.39 is 0 Å². The molecule has 4 rings (SSSR count). The normalized spacial score (nSPS) is 18.3. The van der Waals surface area contributed by atoms with E-state index in [1.807, 2.05) is 30.3 Å². The molecule has 0 saturated carbocycles. The molecule has 2 aromatic carbocycles. The van der Waals surface area contributed by atoms with Crippen LogP contribution in [-0.4, -0.2) is 31.3 Å². The van der Waals surface area contributed by atoms with Crippen LogP contribution in [0, 0.1) is 11.8 Å². The number of rotatable bonds is 8. The molecule has 0 bridgehead atoms. The van der Waals surface area contributed by atoms with Gasteiger partial charge in [-0.05, 0) is 54.8 Å². The highest BCUT2D eigenvalue weighted by Crippen LogP contribution is 2.29. The van der Waals surface area contributed by atoms with Gasteiger partial charge in [-0.2, -0.15) is 0 Å². The number of nitrogens with zero attached hydrogens (tertiary/aromatic N) is 1. The van der Waals surface area contributed by atoms with Crippen LogP contribution >= 0.6 is 0 Å². The summed E-state index contributed by atoms with van der Waals surface area (Å²) in [6, 6.07) is 18.3. The molecule has 3 aromatic rings. The van der Waals surface area contributed by atoms with E-state index in [4.69, 9.17) is 9.26 Å². The molecule has 2 atom stereocenters. The van der Waals surface area contributed by atoms with Crippen LogP contribution in [0.3, 0.4) is 0 Å². The van der Waals surface area contributed by atoms with E-state index in [1.54, 1.807) is 7.11 Å². The Balaban J connectivity index is 1.35. The zero-order valence-corrected chi connectivity index (χ0v) is 21.3. The van der Waals surface area contributed by atoms with Gasteiger partial charge < -0.3 is 19.9 Å². The Labute approximate surface area is 208 Å². The standard InChI is InChI=1S/C29H37N3O3/c1-29(2,3)24-11-9-20(10-12-24)27-17-25(32-35-27)15-23-18-30-14-13-21(23)16-28(33)31-19-22-7-5-6-8-26(22)34-4/h5-12,17,21,23,30H,13-16,18-19H2,1-4H3,(H,31,33). The van der Waals surface area contributed by atoms with E-state index in [0.717, 1.165) is 54.3 Å². The van der Waals surface area contributed by atoms with Gasteiger partial charge in [0.2, 0.25) is 5.91 Å². The lowest BCUT2D eigenvalue weighted by molar-refractivity contribution is -0.122. The molecule has 0 radical (unpaired) electrons. The summed E-state index contributed by atoms with van der Waals surface area (Å²) in [5, 5.41) is 10.9. The van der Waals surface area contributed by atoms with Gasteiger partial charge in [0.15, 0.2) is 5.76 Å². The lowest BCUT2D eigenvalue weighted by Gasteiger charge is -2.31. The van der Waals surface area contributed by atoms with Gasteiger partial charge >= 0.3 is 0 Å². The molecular weight excluding hydrogens is 438 g/mol. The maximum absolute atomic E-state index is 12.8. The fraction of sp³-hybridized carbons (Fsp3) is 0.448. The number of hydrogen-bond acceptors (Lipinski definition) is 5.